The molecule has 0 fully saturated rings. The first-order valence-corrected chi connectivity index (χ1v) is 8.41. The first-order chi connectivity index (χ1) is 12.4. The van der Waals surface area contributed by atoms with Gasteiger partial charge in [0, 0.05) is 41.9 Å². The summed E-state index contributed by atoms with van der Waals surface area (Å²) in [6, 6.07) is 9.59. The van der Waals surface area contributed by atoms with Crippen molar-refractivity contribution in [3.05, 3.63) is 57.1 Å². The first-order valence-electron chi connectivity index (χ1n) is 8.03. The van der Waals surface area contributed by atoms with Gasteiger partial charge in [-0.3, -0.25) is 14.9 Å². The van der Waals surface area contributed by atoms with Crippen molar-refractivity contribution in [1.82, 2.24) is 0 Å². The minimum atomic E-state index is -0.444. The number of amides is 1. The van der Waals surface area contributed by atoms with E-state index in [4.69, 9.17) is 16.3 Å². The van der Waals surface area contributed by atoms with E-state index in [-0.39, 0.29) is 11.6 Å². The van der Waals surface area contributed by atoms with Crippen molar-refractivity contribution in [2.45, 2.75) is 19.8 Å². The number of nitro groups is 1. The lowest BCUT2D eigenvalue weighted by Crippen LogP contribution is -2.14. The molecule has 8 heteroatoms. The number of ether oxygens (including phenoxy) is 1. The Hall–Kier alpha value is -2.80. The molecule has 2 N–H and O–H groups in total. The minimum absolute atomic E-state index is 0.0436. The van der Waals surface area contributed by atoms with Gasteiger partial charge < -0.3 is 15.4 Å². The number of benzene rings is 2. The largest absolute Gasteiger partial charge is 0.495 e. The molecule has 1 amide bonds. The zero-order chi connectivity index (χ0) is 19.1. The molecule has 2 rings (SSSR count). The van der Waals surface area contributed by atoms with Gasteiger partial charge >= 0.3 is 0 Å². The lowest BCUT2D eigenvalue weighted by Gasteiger charge is -2.12. The van der Waals surface area contributed by atoms with Crippen LogP contribution in [-0.4, -0.2) is 24.5 Å². The molecule has 7 nitrogen and oxygen atoms in total. The fourth-order valence-electron chi connectivity index (χ4n) is 2.33. The maximum Gasteiger partial charge on any atom is 0.269 e. The molecule has 0 unspecified atom stereocenters. The molecule has 0 aromatic heterocycles. The predicted molar refractivity (Wildman–Crippen MR) is 102 cm³/mol. The molecule has 0 aliphatic heterocycles. The van der Waals surface area contributed by atoms with Crippen molar-refractivity contribution in [3.8, 4) is 5.75 Å². The molecular formula is C18H20ClN3O4. The van der Waals surface area contributed by atoms with E-state index in [9.17, 15) is 14.9 Å². The van der Waals surface area contributed by atoms with Gasteiger partial charge in [0.05, 0.1) is 17.7 Å². The number of methoxy groups -OCH3 is 1. The zero-order valence-electron chi connectivity index (χ0n) is 14.5. The average Bonchev–Trinajstić information content (AvgIpc) is 2.62. The normalized spacial score (nSPS) is 10.3. The van der Waals surface area contributed by atoms with Gasteiger partial charge in [-0.1, -0.05) is 11.6 Å². The Labute approximate surface area is 156 Å². The molecule has 0 heterocycles. The number of nitrogens with one attached hydrogen (secondary N) is 2. The third-order valence-corrected chi connectivity index (χ3v) is 4.15. The lowest BCUT2D eigenvalue weighted by molar-refractivity contribution is -0.384. The van der Waals surface area contributed by atoms with Gasteiger partial charge in [0.15, 0.2) is 0 Å². The molecule has 0 aliphatic carbocycles. The highest BCUT2D eigenvalue weighted by molar-refractivity contribution is 6.31. The van der Waals surface area contributed by atoms with E-state index >= 15 is 0 Å². The number of nitrogens with zero attached hydrogens (tertiary/aromatic N) is 1. The van der Waals surface area contributed by atoms with Crippen molar-refractivity contribution >= 4 is 34.6 Å². The van der Waals surface area contributed by atoms with Gasteiger partial charge in [0.25, 0.3) is 5.69 Å². The van der Waals surface area contributed by atoms with Crippen LogP contribution >= 0.6 is 11.6 Å². The number of nitro benzene ring substituents is 1. The van der Waals surface area contributed by atoms with Crippen LogP contribution in [0.4, 0.5) is 17.1 Å². The van der Waals surface area contributed by atoms with Crippen LogP contribution in [0.5, 0.6) is 5.75 Å². The summed E-state index contributed by atoms with van der Waals surface area (Å²) < 4.78 is 5.23. The summed E-state index contributed by atoms with van der Waals surface area (Å²) in [6.45, 7) is 2.42. The number of anilines is 2. The van der Waals surface area contributed by atoms with Crippen molar-refractivity contribution in [3.63, 3.8) is 0 Å². The number of rotatable bonds is 8. The lowest BCUT2D eigenvalue weighted by atomic mass is 10.2. The average molecular weight is 378 g/mol. The molecule has 0 atom stereocenters. The van der Waals surface area contributed by atoms with E-state index in [1.165, 1.54) is 19.2 Å². The van der Waals surface area contributed by atoms with E-state index in [1.54, 1.807) is 24.3 Å². The van der Waals surface area contributed by atoms with Crippen LogP contribution in [0.1, 0.15) is 18.4 Å². The quantitative estimate of drug-likeness (QED) is 0.404. The summed E-state index contributed by atoms with van der Waals surface area (Å²) in [7, 11) is 1.52. The summed E-state index contributed by atoms with van der Waals surface area (Å²) in [5.41, 5.74) is 2.25. The van der Waals surface area contributed by atoms with E-state index in [2.05, 4.69) is 10.6 Å². The topological polar surface area (TPSA) is 93.5 Å². The highest BCUT2D eigenvalue weighted by atomic mass is 35.5. The number of carbonyl (C=O) groups excluding carboxylic acids is 1. The van der Waals surface area contributed by atoms with E-state index in [0.29, 0.717) is 35.8 Å². The van der Waals surface area contributed by atoms with E-state index in [0.717, 1.165) is 11.3 Å². The van der Waals surface area contributed by atoms with Crippen LogP contribution < -0.4 is 15.4 Å². The Bertz CT molecular complexity index is 794. The van der Waals surface area contributed by atoms with E-state index < -0.39 is 4.92 Å². The monoisotopic (exact) mass is 377 g/mol. The summed E-state index contributed by atoms with van der Waals surface area (Å²) >= 11 is 6.05. The molecule has 0 bridgehead atoms. The molecule has 138 valence electrons. The standard InChI is InChI=1S/C18H20ClN3O4/c1-12-10-16(17(26-2)11-15(12)19)21-18(23)4-3-9-20-13-5-7-14(8-6-13)22(24)25/h5-8,10-11,20H,3-4,9H2,1-2H3,(H,21,23). The van der Waals surface area contributed by atoms with Crippen molar-refractivity contribution in [2.75, 3.05) is 24.3 Å². The Morgan fingerprint density at radius 2 is 1.96 bits per heavy atom. The summed E-state index contributed by atoms with van der Waals surface area (Å²) in [5, 5.41) is 17.1. The van der Waals surface area contributed by atoms with Gasteiger partial charge in [-0.05, 0) is 37.1 Å². The van der Waals surface area contributed by atoms with Crippen LogP contribution in [0.3, 0.4) is 0 Å². The number of halogens is 1. The molecule has 0 saturated carbocycles. The maximum atomic E-state index is 12.1. The number of carbonyl (C=O) groups is 1. The number of hydrogen-bond donors (Lipinski definition) is 2. The molecule has 0 aliphatic rings. The number of hydrogen-bond acceptors (Lipinski definition) is 5. The second kappa shape index (κ2) is 9.05. The van der Waals surface area contributed by atoms with Crippen molar-refractivity contribution < 1.29 is 14.5 Å². The van der Waals surface area contributed by atoms with Crippen LogP contribution in [0.2, 0.25) is 5.02 Å². The second-order valence-electron chi connectivity index (χ2n) is 5.68. The van der Waals surface area contributed by atoms with Gasteiger partial charge in [0.2, 0.25) is 5.91 Å². The SMILES string of the molecule is COc1cc(Cl)c(C)cc1NC(=O)CCCNc1ccc([N+](=O)[O-])cc1. The van der Waals surface area contributed by atoms with Crippen LogP contribution in [0, 0.1) is 17.0 Å². The Morgan fingerprint density at radius 1 is 1.27 bits per heavy atom. The molecule has 0 saturated heterocycles. The van der Waals surface area contributed by atoms with Crippen molar-refractivity contribution in [1.29, 1.82) is 0 Å². The Kier molecular flexibility index (Phi) is 6.80. The highest BCUT2D eigenvalue weighted by Crippen LogP contribution is 2.31. The van der Waals surface area contributed by atoms with Gasteiger partial charge in [-0.25, -0.2) is 0 Å². The Balaban J connectivity index is 1.80. The summed E-state index contributed by atoms with van der Waals surface area (Å²) in [6.07, 6.45) is 0.933. The molecule has 0 spiro atoms. The zero-order valence-corrected chi connectivity index (χ0v) is 15.3. The minimum Gasteiger partial charge on any atom is -0.495 e. The fraction of sp³-hybridized carbons (Fsp3) is 0.278. The summed E-state index contributed by atoms with van der Waals surface area (Å²) in [4.78, 5) is 22.3. The third kappa shape index (κ3) is 5.35. The number of aryl methyl sites for hydroxylation is 1. The van der Waals surface area contributed by atoms with E-state index in [1.807, 2.05) is 6.92 Å². The molecule has 2 aromatic carbocycles. The second-order valence-corrected chi connectivity index (χ2v) is 6.09. The third-order valence-electron chi connectivity index (χ3n) is 3.74. The maximum absolute atomic E-state index is 12.1. The van der Waals surface area contributed by atoms with Gasteiger partial charge in [-0.15, -0.1) is 0 Å². The summed E-state index contributed by atoms with van der Waals surface area (Å²) in [5.74, 6) is 0.383. The Morgan fingerprint density at radius 3 is 2.58 bits per heavy atom. The molecule has 0 radical (unpaired) electrons. The number of non-ortho nitro benzene ring substituents is 1. The molecule has 26 heavy (non-hydrogen) atoms. The van der Waals surface area contributed by atoms with Crippen LogP contribution in [0.15, 0.2) is 36.4 Å². The van der Waals surface area contributed by atoms with Crippen molar-refractivity contribution in [2.24, 2.45) is 0 Å². The van der Waals surface area contributed by atoms with Gasteiger partial charge in [-0.2, -0.15) is 0 Å². The van der Waals surface area contributed by atoms with Crippen LogP contribution in [-0.2, 0) is 4.79 Å². The molecule has 2 aromatic rings. The fourth-order valence-corrected chi connectivity index (χ4v) is 2.48. The first kappa shape index (κ1) is 19.5. The highest BCUT2D eigenvalue weighted by Gasteiger charge is 2.10. The predicted octanol–water partition coefficient (Wildman–Crippen LogP) is 4.40. The smallest absolute Gasteiger partial charge is 0.269 e. The van der Waals surface area contributed by atoms with Crippen LogP contribution in [0.25, 0.3) is 0 Å². The molecular weight excluding hydrogens is 358 g/mol. The van der Waals surface area contributed by atoms with Gasteiger partial charge in [0.1, 0.15) is 5.75 Å².